The van der Waals surface area contributed by atoms with Crippen LogP contribution in [-0.2, 0) is 0 Å². The normalized spacial score (nSPS) is 11.4. The highest BCUT2D eigenvalue weighted by atomic mass is 32.1. The van der Waals surface area contributed by atoms with Gasteiger partial charge in [0.15, 0.2) is 17.5 Å². The number of fused-ring (bicyclic) bond motifs is 4. The van der Waals surface area contributed by atoms with Crippen molar-refractivity contribution in [3.05, 3.63) is 164 Å². The molecule has 0 N–H and O–H groups in total. The molecule has 0 fully saturated rings. The lowest BCUT2D eigenvalue weighted by Crippen LogP contribution is -2.01. The average Bonchev–Trinajstić information content (AvgIpc) is 3.53. The first-order valence-corrected chi connectivity index (χ1v) is 16.5. The second kappa shape index (κ2) is 11.4. The molecule has 9 rings (SSSR count). The second-order valence-corrected chi connectivity index (χ2v) is 12.8. The zero-order valence-electron chi connectivity index (χ0n) is 25.3. The van der Waals surface area contributed by atoms with E-state index in [1.807, 2.05) is 41.7 Å². The molecule has 0 aliphatic carbocycles. The van der Waals surface area contributed by atoms with Crippen LogP contribution in [0, 0.1) is 0 Å². The smallest absolute Gasteiger partial charge is 0.164 e. The molecule has 4 heteroatoms. The zero-order chi connectivity index (χ0) is 31.2. The van der Waals surface area contributed by atoms with Gasteiger partial charge in [0.25, 0.3) is 0 Å². The zero-order valence-corrected chi connectivity index (χ0v) is 26.2. The maximum Gasteiger partial charge on any atom is 0.164 e. The Bertz CT molecular complexity index is 2570. The van der Waals surface area contributed by atoms with Crippen molar-refractivity contribution in [1.29, 1.82) is 0 Å². The lowest BCUT2D eigenvalue weighted by Gasteiger charge is -2.12. The summed E-state index contributed by atoms with van der Waals surface area (Å²) in [7, 11) is 0. The van der Waals surface area contributed by atoms with E-state index < -0.39 is 0 Å². The van der Waals surface area contributed by atoms with Gasteiger partial charge in [0.1, 0.15) is 0 Å². The minimum Gasteiger partial charge on any atom is -0.208 e. The molecule has 220 valence electrons. The van der Waals surface area contributed by atoms with Crippen molar-refractivity contribution in [1.82, 2.24) is 15.0 Å². The van der Waals surface area contributed by atoms with Gasteiger partial charge in [-0.05, 0) is 57.3 Å². The summed E-state index contributed by atoms with van der Waals surface area (Å²) in [6, 6.07) is 57.5. The summed E-state index contributed by atoms with van der Waals surface area (Å²) in [5.74, 6) is 1.95. The maximum atomic E-state index is 5.11. The van der Waals surface area contributed by atoms with Crippen LogP contribution < -0.4 is 0 Å². The van der Waals surface area contributed by atoms with Gasteiger partial charge >= 0.3 is 0 Å². The SMILES string of the molecule is c1ccc(-c2nc(-c3ccc(-c4ccc5ccccc5c4)cc3)nc(-c3ccccc3-c3ccc4sc5ccccc5c4c3)n2)cc1. The molecule has 0 spiro atoms. The summed E-state index contributed by atoms with van der Waals surface area (Å²) in [5.41, 5.74) is 7.43. The van der Waals surface area contributed by atoms with E-state index in [9.17, 15) is 0 Å². The molecule has 3 nitrogen and oxygen atoms in total. The van der Waals surface area contributed by atoms with Crippen LogP contribution in [-0.4, -0.2) is 15.0 Å². The summed E-state index contributed by atoms with van der Waals surface area (Å²) >= 11 is 1.83. The Morgan fingerprint density at radius 2 is 0.894 bits per heavy atom. The topological polar surface area (TPSA) is 38.7 Å². The van der Waals surface area contributed by atoms with E-state index in [1.165, 1.54) is 36.5 Å². The van der Waals surface area contributed by atoms with Crippen LogP contribution in [0.3, 0.4) is 0 Å². The highest BCUT2D eigenvalue weighted by molar-refractivity contribution is 7.25. The molecule has 9 aromatic rings. The molecule has 0 radical (unpaired) electrons. The number of aromatic nitrogens is 3. The number of hydrogen-bond acceptors (Lipinski definition) is 4. The predicted molar refractivity (Wildman–Crippen MR) is 197 cm³/mol. The molecule has 0 saturated carbocycles. The molecule has 2 aromatic heterocycles. The third-order valence-corrected chi connectivity index (χ3v) is 9.90. The van der Waals surface area contributed by atoms with Gasteiger partial charge in [0.2, 0.25) is 0 Å². The van der Waals surface area contributed by atoms with Crippen molar-refractivity contribution in [2.24, 2.45) is 0 Å². The second-order valence-electron chi connectivity index (χ2n) is 11.7. The van der Waals surface area contributed by atoms with Crippen molar-refractivity contribution in [2.75, 3.05) is 0 Å². The van der Waals surface area contributed by atoms with Crippen LogP contribution in [0.25, 0.3) is 87.4 Å². The van der Waals surface area contributed by atoms with Crippen LogP contribution in [0.5, 0.6) is 0 Å². The molecule has 47 heavy (non-hydrogen) atoms. The highest BCUT2D eigenvalue weighted by Crippen LogP contribution is 2.39. The van der Waals surface area contributed by atoms with Gasteiger partial charge in [-0.25, -0.2) is 15.0 Å². The predicted octanol–water partition coefficient (Wildman–Crippen LogP) is 11.7. The molecule has 0 amide bonds. The highest BCUT2D eigenvalue weighted by Gasteiger charge is 2.16. The summed E-state index contributed by atoms with van der Waals surface area (Å²) in [6.07, 6.45) is 0. The van der Waals surface area contributed by atoms with E-state index in [1.54, 1.807) is 0 Å². The van der Waals surface area contributed by atoms with Gasteiger partial charge in [-0.3, -0.25) is 0 Å². The third kappa shape index (κ3) is 5.05. The largest absolute Gasteiger partial charge is 0.208 e. The summed E-state index contributed by atoms with van der Waals surface area (Å²) in [4.78, 5) is 15.2. The van der Waals surface area contributed by atoms with Gasteiger partial charge < -0.3 is 0 Å². The lowest BCUT2D eigenvalue weighted by molar-refractivity contribution is 1.07. The molecule has 0 aliphatic rings. The molecule has 7 aromatic carbocycles. The van der Waals surface area contributed by atoms with E-state index in [4.69, 9.17) is 15.0 Å². The van der Waals surface area contributed by atoms with E-state index in [0.717, 1.165) is 33.4 Å². The van der Waals surface area contributed by atoms with E-state index >= 15 is 0 Å². The monoisotopic (exact) mass is 617 g/mol. The Hall–Kier alpha value is -5.97. The Kier molecular flexibility index (Phi) is 6.65. The quantitative estimate of drug-likeness (QED) is 0.193. The van der Waals surface area contributed by atoms with E-state index in [0.29, 0.717) is 17.5 Å². The molecule has 0 bridgehead atoms. The Labute approximate surface area is 276 Å². The van der Waals surface area contributed by atoms with Crippen LogP contribution in [0.4, 0.5) is 0 Å². The fourth-order valence-corrected chi connectivity index (χ4v) is 7.43. The van der Waals surface area contributed by atoms with Crippen molar-refractivity contribution in [2.45, 2.75) is 0 Å². The van der Waals surface area contributed by atoms with Crippen LogP contribution >= 0.6 is 11.3 Å². The van der Waals surface area contributed by atoms with Crippen molar-refractivity contribution in [3.8, 4) is 56.4 Å². The first-order chi connectivity index (χ1) is 23.3. The van der Waals surface area contributed by atoms with Gasteiger partial charge in [-0.15, -0.1) is 11.3 Å². The van der Waals surface area contributed by atoms with Gasteiger partial charge in [0.05, 0.1) is 0 Å². The lowest BCUT2D eigenvalue weighted by atomic mass is 9.97. The number of thiophene rings is 1. The minimum atomic E-state index is 0.646. The van der Waals surface area contributed by atoms with Crippen molar-refractivity contribution in [3.63, 3.8) is 0 Å². The molecular weight excluding hydrogens is 591 g/mol. The van der Waals surface area contributed by atoms with Crippen LogP contribution in [0.1, 0.15) is 0 Å². The Balaban J connectivity index is 1.16. The molecule has 0 atom stereocenters. The molecular formula is C43H27N3S. The van der Waals surface area contributed by atoms with Crippen molar-refractivity contribution >= 4 is 42.3 Å². The molecule has 0 aliphatic heterocycles. The number of benzene rings is 7. The first kappa shape index (κ1) is 27.3. The number of nitrogens with zero attached hydrogens (tertiary/aromatic N) is 3. The van der Waals surface area contributed by atoms with Crippen LogP contribution in [0.2, 0.25) is 0 Å². The average molecular weight is 618 g/mol. The molecule has 0 saturated heterocycles. The van der Waals surface area contributed by atoms with E-state index in [-0.39, 0.29) is 0 Å². The van der Waals surface area contributed by atoms with E-state index in [2.05, 4.69) is 133 Å². The standard InChI is InChI=1S/C43H27N3S/c1-2-11-30(12-3-1)41-44-42(31-21-18-29(19-22-31)33-23-20-28-10-4-5-13-32(28)26-33)46-43(45-41)37-16-7-6-14-35(37)34-24-25-40-38(27-34)36-15-8-9-17-39(36)47-40/h1-27H. The minimum absolute atomic E-state index is 0.646. The fourth-order valence-electron chi connectivity index (χ4n) is 6.35. The first-order valence-electron chi connectivity index (χ1n) is 15.7. The summed E-state index contributed by atoms with van der Waals surface area (Å²) in [6.45, 7) is 0. The van der Waals surface area contributed by atoms with Gasteiger partial charge in [0, 0.05) is 36.9 Å². The number of rotatable bonds is 5. The Morgan fingerprint density at radius 3 is 1.72 bits per heavy atom. The molecule has 2 heterocycles. The third-order valence-electron chi connectivity index (χ3n) is 8.75. The van der Waals surface area contributed by atoms with Gasteiger partial charge in [-0.2, -0.15) is 0 Å². The summed E-state index contributed by atoms with van der Waals surface area (Å²) < 4.78 is 2.59. The van der Waals surface area contributed by atoms with Gasteiger partial charge in [-0.1, -0.05) is 140 Å². The number of hydrogen-bond donors (Lipinski definition) is 0. The fraction of sp³-hybridized carbons (Fsp3) is 0. The summed E-state index contributed by atoms with van der Waals surface area (Å²) in [5, 5.41) is 5.02. The van der Waals surface area contributed by atoms with Crippen LogP contribution in [0.15, 0.2) is 164 Å². The maximum absolute atomic E-state index is 5.11. The molecule has 0 unspecified atom stereocenters. The Morgan fingerprint density at radius 1 is 0.319 bits per heavy atom. The van der Waals surface area contributed by atoms with Crippen molar-refractivity contribution < 1.29 is 0 Å².